The van der Waals surface area contributed by atoms with Crippen LogP contribution in [0, 0.1) is 10.1 Å². The van der Waals surface area contributed by atoms with Crippen LogP contribution >= 0.6 is 0 Å². The molecular formula is C22H24N2O7. The number of amides is 1. The highest BCUT2D eigenvalue weighted by atomic mass is 16.6. The molecule has 0 saturated carbocycles. The van der Waals surface area contributed by atoms with E-state index in [0.29, 0.717) is 43.6 Å². The Labute approximate surface area is 179 Å². The molecule has 31 heavy (non-hydrogen) atoms. The molecule has 0 atom stereocenters. The first-order chi connectivity index (χ1) is 15.0. The summed E-state index contributed by atoms with van der Waals surface area (Å²) in [6, 6.07) is 12.9. The van der Waals surface area contributed by atoms with Gasteiger partial charge in [-0.2, -0.15) is 0 Å². The van der Waals surface area contributed by atoms with E-state index in [1.54, 1.807) is 24.3 Å². The van der Waals surface area contributed by atoms with Crippen LogP contribution in [0.3, 0.4) is 0 Å². The minimum Gasteiger partial charge on any atom is -0.494 e. The van der Waals surface area contributed by atoms with Gasteiger partial charge in [0, 0.05) is 18.2 Å². The maximum absolute atomic E-state index is 12.6. The number of ether oxygens (including phenoxy) is 2. The highest BCUT2D eigenvalue weighted by Gasteiger charge is 2.19. The lowest BCUT2D eigenvalue weighted by atomic mass is 10.1. The molecule has 0 aliphatic heterocycles. The summed E-state index contributed by atoms with van der Waals surface area (Å²) in [6.45, 7) is 0.191. The van der Waals surface area contributed by atoms with Crippen molar-refractivity contribution in [1.82, 2.24) is 0 Å². The Balaban J connectivity index is 1.79. The van der Waals surface area contributed by atoms with Gasteiger partial charge < -0.3 is 14.4 Å². The lowest BCUT2D eigenvalue weighted by Crippen LogP contribution is -2.36. The van der Waals surface area contributed by atoms with E-state index in [4.69, 9.17) is 4.74 Å². The molecule has 2 rings (SSSR count). The summed E-state index contributed by atoms with van der Waals surface area (Å²) < 4.78 is 10.2. The van der Waals surface area contributed by atoms with Crippen LogP contribution < -0.4 is 9.64 Å². The number of carbonyl (C=O) groups is 3. The lowest BCUT2D eigenvalue weighted by molar-refractivity contribution is -0.385. The zero-order chi connectivity index (χ0) is 22.6. The van der Waals surface area contributed by atoms with Crippen molar-refractivity contribution in [3.8, 4) is 5.75 Å². The van der Waals surface area contributed by atoms with Crippen LogP contribution in [0.4, 0.5) is 11.4 Å². The Morgan fingerprint density at radius 1 is 1.10 bits per heavy atom. The fourth-order valence-corrected chi connectivity index (χ4v) is 2.89. The first-order valence-electron chi connectivity index (χ1n) is 9.75. The van der Waals surface area contributed by atoms with Crippen LogP contribution in [-0.2, 0) is 14.3 Å². The molecule has 0 unspecified atom stereocenters. The molecule has 0 aliphatic rings. The van der Waals surface area contributed by atoms with E-state index in [1.807, 2.05) is 6.07 Å². The predicted octanol–water partition coefficient (Wildman–Crippen LogP) is 3.55. The Morgan fingerprint density at radius 3 is 2.48 bits per heavy atom. The highest BCUT2D eigenvalue weighted by molar-refractivity contribution is 5.97. The highest BCUT2D eigenvalue weighted by Crippen LogP contribution is 2.23. The molecule has 2 aromatic carbocycles. The third kappa shape index (κ3) is 7.22. The summed E-state index contributed by atoms with van der Waals surface area (Å²) in [7, 11) is 1.28. The Kier molecular flexibility index (Phi) is 9.15. The van der Waals surface area contributed by atoms with Crippen molar-refractivity contribution < 1.29 is 28.8 Å². The van der Waals surface area contributed by atoms with Crippen LogP contribution in [-0.4, -0.2) is 43.3 Å². The van der Waals surface area contributed by atoms with Crippen molar-refractivity contribution in [2.75, 3.05) is 25.2 Å². The van der Waals surface area contributed by atoms with Gasteiger partial charge in [0.25, 0.3) is 5.69 Å². The van der Waals surface area contributed by atoms with Gasteiger partial charge in [-0.3, -0.25) is 24.5 Å². The number of nitro groups is 1. The van der Waals surface area contributed by atoms with E-state index in [0.717, 1.165) is 0 Å². The van der Waals surface area contributed by atoms with Gasteiger partial charge in [-0.15, -0.1) is 0 Å². The molecule has 2 aromatic rings. The molecule has 0 saturated heterocycles. The second-order valence-corrected chi connectivity index (χ2v) is 6.65. The van der Waals surface area contributed by atoms with Gasteiger partial charge in [-0.1, -0.05) is 18.2 Å². The normalized spacial score (nSPS) is 10.2. The van der Waals surface area contributed by atoms with E-state index in [1.165, 1.54) is 30.2 Å². The first-order valence-corrected chi connectivity index (χ1v) is 9.75. The van der Waals surface area contributed by atoms with Crippen molar-refractivity contribution in [2.45, 2.75) is 25.7 Å². The molecule has 0 bridgehead atoms. The zero-order valence-corrected chi connectivity index (χ0v) is 17.2. The molecule has 0 aliphatic carbocycles. The number of unbranched alkanes of at least 4 members (excludes halogenated alkanes) is 2. The Bertz CT molecular complexity index is 915. The van der Waals surface area contributed by atoms with Crippen molar-refractivity contribution in [3.05, 3.63) is 64.2 Å². The predicted molar refractivity (Wildman–Crippen MR) is 113 cm³/mol. The smallest absolute Gasteiger partial charge is 0.325 e. The van der Waals surface area contributed by atoms with Gasteiger partial charge in [0.05, 0.1) is 24.2 Å². The van der Waals surface area contributed by atoms with E-state index < -0.39 is 10.9 Å². The minimum absolute atomic E-state index is 0.0419. The fraction of sp³-hybridized carbons (Fsp3) is 0.318. The number of anilines is 1. The maximum Gasteiger partial charge on any atom is 0.325 e. The molecule has 0 aromatic heterocycles. The van der Waals surface area contributed by atoms with Crippen LogP contribution in [0.2, 0.25) is 0 Å². The summed E-state index contributed by atoms with van der Waals surface area (Å²) in [5.41, 5.74) is 0.320. The van der Waals surface area contributed by atoms with Gasteiger partial charge in [-0.05, 0) is 43.5 Å². The molecule has 0 fully saturated rings. The van der Waals surface area contributed by atoms with Crippen LogP contribution in [0.15, 0.2) is 48.5 Å². The first kappa shape index (κ1) is 23.5. The lowest BCUT2D eigenvalue weighted by Gasteiger charge is -2.21. The summed E-state index contributed by atoms with van der Waals surface area (Å²) >= 11 is 0. The Hall–Kier alpha value is -3.75. The minimum atomic E-state index is -0.622. The van der Waals surface area contributed by atoms with E-state index >= 15 is 0 Å². The van der Waals surface area contributed by atoms with Gasteiger partial charge in [0.1, 0.15) is 12.3 Å². The van der Waals surface area contributed by atoms with Crippen LogP contribution in [0.25, 0.3) is 0 Å². The summed E-state index contributed by atoms with van der Waals surface area (Å²) in [6.07, 6.45) is 2.65. The molecule has 0 spiro atoms. The average molecular weight is 428 g/mol. The molecule has 9 heteroatoms. The summed E-state index contributed by atoms with van der Waals surface area (Å²) in [5, 5.41) is 10.8. The van der Waals surface area contributed by atoms with Gasteiger partial charge in [-0.25, -0.2) is 0 Å². The number of esters is 1. The maximum atomic E-state index is 12.6. The number of hydrogen-bond acceptors (Lipinski definition) is 7. The van der Waals surface area contributed by atoms with Crippen molar-refractivity contribution in [2.24, 2.45) is 0 Å². The third-order valence-corrected chi connectivity index (χ3v) is 4.51. The summed E-state index contributed by atoms with van der Waals surface area (Å²) in [4.78, 5) is 46.9. The molecule has 9 nitrogen and oxygen atoms in total. The number of methoxy groups -OCH3 is 1. The monoisotopic (exact) mass is 428 g/mol. The quantitative estimate of drug-likeness (QED) is 0.167. The topological polar surface area (TPSA) is 116 Å². The molecule has 164 valence electrons. The molecule has 0 radical (unpaired) electrons. The standard InChI is InChI=1S/C22H24N2O7/c1-30-22(27)15-23(18-8-4-2-5-9-18)21(26)10-6-3-7-13-31-19-11-12-20(24(28)29)17(14-19)16-25/h2,4-5,8-9,11-12,14,16H,3,6-7,10,13,15H2,1H3. The van der Waals surface area contributed by atoms with Crippen molar-refractivity contribution >= 4 is 29.5 Å². The van der Waals surface area contributed by atoms with E-state index in [9.17, 15) is 24.5 Å². The average Bonchev–Trinajstić information content (AvgIpc) is 2.79. The van der Waals surface area contributed by atoms with E-state index in [2.05, 4.69) is 4.74 Å². The molecular weight excluding hydrogens is 404 g/mol. The number of para-hydroxylation sites is 1. The number of rotatable bonds is 12. The number of nitrogens with zero attached hydrogens (tertiary/aromatic N) is 2. The van der Waals surface area contributed by atoms with Crippen molar-refractivity contribution in [1.29, 1.82) is 0 Å². The zero-order valence-electron chi connectivity index (χ0n) is 17.2. The van der Waals surface area contributed by atoms with Crippen molar-refractivity contribution in [3.63, 3.8) is 0 Å². The van der Waals surface area contributed by atoms with Crippen LogP contribution in [0.5, 0.6) is 5.75 Å². The van der Waals surface area contributed by atoms with Gasteiger partial charge in [0.2, 0.25) is 5.91 Å². The third-order valence-electron chi connectivity index (χ3n) is 4.51. The van der Waals surface area contributed by atoms with Gasteiger partial charge in [0.15, 0.2) is 6.29 Å². The number of carbonyl (C=O) groups excluding carboxylic acids is 3. The van der Waals surface area contributed by atoms with E-state index in [-0.39, 0.29) is 30.1 Å². The number of benzene rings is 2. The number of nitro benzene ring substituents is 1. The second kappa shape index (κ2) is 12.1. The molecule has 1 amide bonds. The van der Waals surface area contributed by atoms with Gasteiger partial charge >= 0.3 is 5.97 Å². The molecule has 0 N–H and O–H groups in total. The second-order valence-electron chi connectivity index (χ2n) is 6.65. The largest absolute Gasteiger partial charge is 0.494 e. The van der Waals surface area contributed by atoms with Crippen LogP contribution in [0.1, 0.15) is 36.0 Å². The fourth-order valence-electron chi connectivity index (χ4n) is 2.89. The SMILES string of the molecule is COC(=O)CN(C(=O)CCCCCOc1ccc([N+](=O)[O-])c(C=O)c1)c1ccccc1. The number of hydrogen-bond donors (Lipinski definition) is 0. The molecule has 0 heterocycles. The number of aldehydes is 1. The summed E-state index contributed by atoms with van der Waals surface area (Å²) in [5.74, 6) is -0.302. The Morgan fingerprint density at radius 2 is 1.84 bits per heavy atom.